The Bertz CT molecular complexity index is 492. The van der Waals surface area contributed by atoms with Gasteiger partial charge in [0.15, 0.2) is 0 Å². The van der Waals surface area contributed by atoms with E-state index in [9.17, 15) is 14.9 Å². The lowest BCUT2D eigenvalue weighted by molar-refractivity contribution is -0.385. The number of halogens is 1. The lowest BCUT2D eigenvalue weighted by atomic mass is 10.1. The van der Waals surface area contributed by atoms with Crippen LogP contribution in [0, 0.1) is 21.4 Å². The summed E-state index contributed by atoms with van der Waals surface area (Å²) in [6, 6.07) is 3.56. The van der Waals surface area contributed by atoms with E-state index < -0.39 is 10.9 Å². The van der Waals surface area contributed by atoms with Gasteiger partial charge in [0.05, 0.1) is 20.5 Å². The predicted octanol–water partition coefficient (Wildman–Crippen LogP) is 1.93. The summed E-state index contributed by atoms with van der Waals surface area (Å²) < 4.78 is 0.0314. The van der Waals surface area contributed by atoms with Gasteiger partial charge in [0.2, 0.25) is 0 Å². The lowest BCUT2D eigenvalue weighted by Crippen LogP contribution is -2.02. The number of rotatable bonds is 2. The van der Waals surface area contributed by atoms with Crippen molar-refractivity contribution < 1.29 is 14.8 Å². The minimum atomic E-state index is -1.30. The Morgan fingerprint density at radius 1 is 1.60 bits per heavy atom. The van der Waals surface area contributed by atoms with Crippen LogP contribution in [-0.2, 0) is 0 Å². The van der Waals surface area contributed by atoms with Gasteiger partial charge in [-0.25, -0.2) is 4.79 Å². The number of aromatic carboxylic acids is 1. The summed E-state index contributed by atoms with van der Waals surface area (Å²) in [6.07, 6.45) is 0. The van der Waals surface area contributed by atoms with E-state index in [2.05, 4.69) is 15.9 Å². The van der Waals surface area contributed by atoms with Crippen LogP contribution >= 0.6 is 15.9 Å². The van der Waals surface area contributed by atoms with Gasteiger partial charge in [-0.15, -0.1) is 0 Å². The van der Waals surface area contributed by atoms with E-state index in [1.165, 1.54) is 0 Å². The van der Waals surface area contributed by atoms with Gasteiger partial charge >= 0.3 is 5.97 Å². The molecule has 0 amide bonds. The quantitative estimate of drug-likeness (QED) is 0.653. The molecular formula is C8H3BrN2O4. The molecule has 1 N–H and O–H groups in total. The van der Waals surface area contributed by atoms with E-state index in [4.69, 9.17) is 10.4 Å². The fraction of sp³-hybridized carbons (Fsp3) is 0. The Morgan fingerprint density at radius 3 is 2.60 bits per heavy atom. The summed E-state index contributed by atoms with van der Waals surface area (Å²) in [7, 11) is 0. The van der Waals surface area contributed by atoms with Crippen LogP contribution in [0.1, 0.15) is 15.9 Å². The highest BCUT2D eigenvalue weighted by Gasteiger charge is 2.19. The minimum Gasteiger partial charge on any atom is -0.478 e. The summed E-state index contributed by atoms with van der Waals surface area (Å²) in [6.45, 7) is 0. The largest absolute Gasteiger partial charge is 0.478 e. The number of nitro benzene ring substituents is 1. The van der Waals surface area contributed by atoms with E-state index in [1.807, 2.05) is 0 Å². The molecule has 1 aromatic carbocycles. The van der Waals surface area contributed by atoms with Gasteiger partial charge in [0.25, 0.3) is 5.69 Å². The van der Waals surface area contributed by atoms with E-state index in [1.54, 1.807) is 6.07 Å². The van der Waals surface area contributed by atoms with E-state index in [0.29, 0.717) is 0 Å². The number of carboxylic acid groups (broad SMARTS) is 1. The third-order valence-corrected chi connectivity index (χ3v) is 2.27. The van der Waals surface area contributed by atoms with Gasteiger partial charge in [-0.3, -0.25) is 10.1 Å². The van der Waals surface area contributed by atoms with Gasteiger partial charge in [-0.2, -0.15) is 5.26 Å². The zero-order valence-electron chi connectivity index (χ0n) is 7.10. The number of carbonyl (C=O) groups is 1. The second-order valence-electron chi connectivity index (χ2n) is 2.52. The molecule has 0 atom stereocenters. The van der Waals surface area contributed by atoms with Crippen LogP contribution in [0.25, 0.3) is 0 Å². The molecule has 0 radical (unpaired) electrons. The van der Waals surface area contributed by atoms with Crippen molar-refractivity contribution in [1.29, 1.82) is 5.26 Å². The van der Waals surface area contributed by atoms with Crippen LogP contribution in [0.4, 0.5) is 5.69 Å². The number of nitrogens with zero attached hydrogens (tertiary/aromatic N) is 2. The van der Waals surface area contributed by atoms with E-state index in [-0.39, 0.29) is 21.3 Å². The zero-order valence-corrected chi connectivity index (χ0v) is 8.69. The minimum absolute atomic E-state index is 0.0314. The highest BCUT2D eigenvalue weighted by atomic mass is 79.9. The second kappa shape index (κ2) is 4.06. The Kier molecular flexibility index (Phi) is 3.01. The molecule has 0 aliphatic heterocycles. The molecule has 0 unspecified atom stereocenters. The maximum atomic E-state index is 10.7. The van der Waals surface area contributed by atoms with Gasteiger partial charge in [-0.05, 0) is 22.0 Å². The fourth-order valence-electron chi connectivity index (χ4n) is 0.971. The van der Waals surface area contributed by atoms with Crippen LogP contribution in [0.15, 0.2) is 16.6 Å². The van der Waals surface area contributed by atoms with Crippen molar-refractivity contribution in [3.05, 3.63) is 37.8 Å². The Hall–Kier alpha value is -1.94. The first kappa shape index (κ1) is 11.1. The summed E-state index contributed by atoms with van der Waals surface area (Å²) in [5, 5.41) is 27.8. The molecular weight excluding hydrogens is 268 g/mol. The molecule has 6 nitrogen and oxygen atoms in total. The third kappa shape index (κ3) is 2.11. The topological polar surface area (TPSA) is 104 Å². The number of hydrogen-bond donors (Lipinski definition) is 1. The number of nitriles is 1. The van der Waals surface area contributed by atoms with Crippen LogP contribution in [0.2, 0.25) is 0 Å². The maximum absolute atomic E-state index is 10.7. The number of nitro groups is 1. The third-order valence-electron chi connectivity index (χ3n) is 1.63. The predicted molar refractivity (Wildman–Crippen MR) is 52.5 cm³/mol. The maximum Gasteiger partial charge on any atom is 0.337 e. The summed E-state index contributed by atoms with van der Waals surface area (Å²) >= 11 is 2.86. The standard InChI is InChI=1S/C8H3BrN2O4/c9-6-2-5(8(12)13)4(3-10)1-7(6)11(14)15/h1-2H,(H,12,13). The first-order chi connectivity index (χ1) is 6.97. The molecule has 0 saturated carbocycles. The molecule has 1 aromatic rings. The van der Waals surface area contributed by atoms with Gasteiger partial charge in [0, 0.05) is 6.07 Å². The van der Waals surface area contributed by atoms with Crippen molar-refractivity contribution in [3.8, 4) is 6.07 Å². The normalized spacial score (nSPS) is 9.33. The van der Waals surface area contributed by atoms with E-state index in [0.717, 1.165) is 12.1 Å². The smallest absolute Gasteiger partial charge is 0.337 e. The summed E-state index contributed by atoms with van der Waals surface area (Å²) in [5.74, 6) is -1.30. The first-order valence-electron chi connectivity index (χ1n) is 3.58. The highest BCUT2D eigenvalue weighted by molar-refractivity contribution is 9.10. The molecule has 0 heterocycles. The molecule has 7 heteroatoms. The molecule has 76 valence electrons. The van der Waals surface area contributed by atoms with Gasteiger partial charge < -0.3 is 5.11 Å². The summed E-state index contributed by atoms with van der Waals surface area (Å²) in [5.41, 5.74) is -0.844. The average Bonchev–Trinajstić information content (AvgIpc) is 2.16. The van der Waals surface area contributed by atoms with Crippen molar-refractivity contribution in [3.63, 3.8) is 0 Å². The zero-order chi connectivity index (χ0) is 11.6. The molecule has 0 saturated heterocycles. The molecule has 15 heavy (non-hydrogen) atoms. The monoisotopic (exact) mass is 270 g/mol. The number of benzene rings is 1. The average molecular weight is 271 g/mol. The van der Waals surface area contributed by atoms with Crippen molar-refractivity contribution >= 4 is 27.6 Å². The molecule has 0 aliphatic rings. The lowest BCUT2D eigenvalue weighted by Gasteiger charge is -2.00. The molecule has 0 fully saturated rings. The molecule has 1 rings (SSSR count). The van der Waals surface area contributed by atoms with Crippen LogP contribution < -0.4 is 0 Å². The van der Waals surface area contributed by atoms with Crippen molar-refractivity contribution in [2.24, 2.45) is 0 Å². The van der Waals surface area contributed by atoms with Crippen LogP contribution in [-0.4, -0.2) is 16.0 Å². The highest BCUT2D eigenvalue weighted by Crippen LogP contribution is 2.28. The van der Waals surface area contributed by atoms with Crippen LogP contribution in [0.5, 0.6) is 0 Å². The van der Waals surface area contributed by atoms with Gasteiger partial charge in [-0.1, -0.05) is 0 Å². The molecule has 0 spiro atoms. The second-order valence-corrected chi connectivity index (χ2v) is 3.38. The van der Waals surface area contributed by atoms with Crippen molar-refractivity contribution in [2.75, 3.05) is 0 Å². The Labute approximate surface area is 92.0 Å². The fourth-order valence-corrected chi connectivity index (χ4v) is 1.46. The Morgan fingerprint density at radius 2 is 2.20 bits per heavy atom. The molecule has 0 aliphatic carbocycles. The summed E-state index contributed by atoms with van der Waals surface area (Å²) in [4.78, 5) is 20.5. The van der Waals surface area contributed by atoms with Crippen molar-refractivity contribution in [1.82, 2.24) is 0 Å². The Balaban J connectivity index is 3.51. The van der Waals surface area contributed by atoms with Crippen LogP contribution in [0.3, 0.4) is 0 Å². The molecule has 0 aromatic heterocycles. The SMILES string of the molecule is N#Cc1cc([N+](=O)[O-])c(Br)cc1C(=O)O. The molecule has 0 bridgehead atoms. The number of carboxylic acids is 1. The van der Waals surface area contributed by atoms with Gasteiger partial charge in [0.1, 0.15) is 6.07 Å². The number of hydrogen-bond acceptors (Lipinski definition) is 4. The van der Waals surface area contributed by atoms with E-state index >= 15 is 0 Å². The first-order valence-corrected chi connectivity index (χ1v) is 4.38. The van der Waals surface area contributed by atoms with Crippen molar-refractivity contribution in [2.45, 2.75) is 0 Å².